The Labute approximate surface area is 214 Å². The maximum atomic E-state index is 13.5. The number of amides is 1. The number of aromatic nitrogens is 2. The molecule has 0 saturated heterocycles. The van der Waals surface area contributed by atoms with Crippen molar-refractivity contribution in [2.24, 2.45) is 5.92 Å². The molecular weight excluding hydrogens is 446 g/mol. The second-order valence-electron chi connectivity index (χ2n) is 9.87. The van der Waals surface area contributed by atoms with E-state index in [0.29, 0.717) is 34.1 Å². The molecule has 1 fully saturated rings. The van der Waals surface area contributed by atoms with Crippen LogP contribution >= 0.6 is 0 Å². The topological polar surface area (TPSA) is 107 Å². The van der Waals surface area contributed by atoms with Crippen LogP contribution < -0.4 is 16.8 Å². The number of carbonyl (C=O) groups is 1. The second kappa shape index (κ2) is 11.8. The van der Waals surface area contributed by atoms with Gasteiger partial charge < -0.3 is 16.8 Å². The van der Waals surface area contributed by atoms with Gasteiger partial charge in [-0.15, -0.1) is 0 Å². The third kappa shape index (κ3) is 6.30. The van der Waals surface area contributed by atoms with Gasteiger partial charge >= 0.3 is 0 Å². The molecule has 1 aromatic carbocycles. The van der Waals surface area contributed by atoms with Crippen LogP contribution in [0.25, 0.3) is 16.7 Å². The molecule has 6 nitrogen and oxygen atoms in total. The predicted octanol–water partition coefficient (Wildman–Crippen LogP) is 6.64. The quantitative estimate of drug-likeness (QED) is 0.198. The average molecular weight is 484 g/mol. The zero-order valence-corrected chi connectivity index (χ0v) is 21.4. The highest BCUT2D eigenvalue weighted by Crippen LogP contribution is 2.32. The Morgan fingerprint density at radius 1 is 0.972 bits per heavy atom. The van der Waals surface area contributed by atoms with Crippen molar-refractivity contribution in [3.05, 3.63) is 71.8 Å². The summed E-state index contributed by atoms with van der Waals surface area (Å²) >= 11 is 0. The lowest BCUT2D eigenvalue weighted by Crippen LogP contribution is -2.16. The summed E-state index contributed by atoms with van der Waals surface area (Å²) in [6.45, 7) is 4.01. The minimum atomic E-state index is -0.192. The maximum Gasteiger partial charge on any atom is 0.256 e. The van der Waals surface area contributed by atoms with Gasteiger partial charge in [0.2, 0.25) is 0 Å². The van der Waals surface area contributed by atoms with Crippen LogP contribution in [0.3, 0.4) is 0 Å². The Bertz CT molecular complexity index is 1220. The Balaban J connectivity index is 1.55. The van der Waals surface area contributed by atoms with E-state index in [9.17, 15) is 4.79 Å². The van der Waals surface area contributed by atoms with Gasteiger partial charge in [0.15, 0.2) is 0 Å². The number of allylic oxidation sites excluding steroid dienone is 1. The van der Waals surface area contributed by atoms with E-state index >= 15 is 0 Å². The third-order valence-corrected chi connectivity index (χ3v) is 7.15. The molecule has 36 heavy (non-hydrogen) atoms. The third-order valence-electron chi connectivity index (χ3n) is 7.15. The van der Waals surface area contributed by atoms with Crippen molar-refractivity contribution < 1.29 is 4.79 Å². The highest BCUT2D eigenvalue weighted by atomic mass is 16.1. The van der Waals surface area contributed by atoms with E-state index in [1.807, 2.05) is 50.2 Å². The molecule has 0 unspecified atom stereocenters. The molecule has 1 saturated carbocycles. The summed E-state index contributed by atoms with van der Waals surface area (Å²) in [5.41, 5.74) is 19.2. The number of nitrogens with zero attached hydrogens (tertiary/aromatic N) is 2. The van der Waals surface area contributed by atoms with Gasteiger partial charge in [-0.2, -0.15) is 0 Å². The Morgan fingerprint density at radius 3 is 2.42 bits per heavy atom. The van der Waals surface area contributed by atoms with Gasteiger partial charge in [0, 0.05) is 40.5 Å². The van der Waals surface area contributed by atoms with Gasteiger partial charge in [0.05, 0.1) is 17.6 Å². The summed E-state index contributed by atoms with van der Waals surface area (Å²) in [7, 11) is 0. The molecule has 2 aromatic heterocycles. The summed E-state index contributed by atoms with van der Waals surface area (Å²) in [5.74, 6) is 0.523. The van der Waals surface area contributed by atoms with Gasteiger partial charge in [-0.3, -0.25) is 14.8 Å². The Kier molecular flexibility index (Phi) is 8.36. The van der Waals surface area contributed by atoms with Gasteiger partial charge in [0.25, 0.3) is 5.91 Å². The molecule has 0 bridgehead atoms. The molecular formula is C30H37N5O. The number of benzene rings is 1. The van der Waals surface area contributed by atoms with Gasteiger partial charge in [-0.1, -0.05) is 57.1 Å². The van der Waals surface area contributed by atoms with E-state index in [2.05, 4.69) is 15.3 Å². The first kappa shape index (κ1) is 25.4. The van der Waals surface area contributed by atoms with Crippen LogP contribution in [0.1, 0.15) is 70.1 Å². The van der Waals surface area contributed by atoms with Crippen molar-refractivity contribution in [1.82, 2.24) is 9.97 Å². The van der Waals surface area contributed by atoms with Crippen molar-refractivity contribution in [3.63, 3.8) is 0 Å². The Hall–Kier alpha value is -3.67. The fraction of sp³-hybridized carbons (Fsp3) is 0.367. The van der Waals surface area contributed by atoms with E-state index in [1.165, 1.54) is 38.5 Å². The van der Waals surface area contributed by atoms with Crippen molar-refractivity contribution in [1.29, 1.82) is 0 Å². The molecule has 0 aliphatic heterocycles. The van der Waals surface area contributed by atoms with E-state index < -0.39 is 0 Å². The maximum absolute atomic E-state index is 13.5. The van der Waals surface area contributed by atoms with Crippen molar-refractivity contribution in [2.45, 2.75) is 65.2 Å². The summed E-state index contributed by atoms with van der Waals surface area (Å²) in [4.78, 5) is 22.4. The van der Waals surface area contributed by atoms with Crippen LogP contribution in [0.15, 0.2) is 60.6 Å². The number of anilines is 3. The summed E-state index contributed by atoms with van der Waals surface area (Å²) in [6, 6.07) is 11.5. The van der Waals surface area contributed by atoms with E-state index in [-0.39, 0.29) is 5.91 Å². The Morgan fingerprint density at radius 2 is 1.75 bits per heavy atom. The lowest BCUT2D eigenvalue weighted by molar-refractivity contribution is -0.111. The molecule has 1 aliphatic rings. The first-order chi connectivity index (χ1) is 17.4. The number of pyridine rings is 2. The predicted molar refractivity (Wildman–Crippen MR) is 149 cm³/mol. The minimum Gasteiger partial charge on any atom is -0.398 e. The number of carbonyl (C=O) groups excluding carboxylic acids is 1. The normalized spacial score (nSPS) is 15.2. The minimum absolute atomic E-state index is 0.192. The first-order valence-electron chi connectivity index (χ1n) is 13.0. The van der Waals surface area contributed by atoms with Crippen LogP contribution in [0, 0.1) is 5.92 Å². The molecule has 3 aromatic rings. The molecule has 2 heterocycles. The number of hydrogen-bond acceptors (Lipinski definition) is 5. The van der Waals surface area contributed by atoms with Gasteiger partial charge in [-0.25, -0.2) is 0 Å². The lowest BCUT2D eigenvalue weighted by atomic mass is 9.93. The monoisotopic (exact) mass is 483 g/mol. The smallest absolute Gasteiger partial charge is 0.256 e. The van der Waals surface area contributed by atoms with Crippen LogP contribution in [-0.2, 0) is 11.2 Å². The van der Waals surface area contributed by atoms with E-state index in [1.54, 1.807) is 18.6 Å². The van der Waals surface area contributed by atoms with Gasteiger partial charge in [0.1, 0.15) is 0 Å². The average Bonchev–Trinajstić information content (AvgIpc) is 3.15. The molecule has 4 rings (SSSR count). The van der Waals surface area contributed by atoms with Crippen LogP contribution in [-0.4, -0.2) is 15.9 Å². The standard InChI is InChI=1S/C30H37N5O/c1-3-20(2)29(27-16-22(10-13-28(27)32)23-15-24(31)18-33-17-23)30(36)35-26-12-11-25(34-19-26)14-21-8-6-4-5-7-9-21/h10-13,15-19,21H,3-9,14,31-32H2,1-2H3,(H,35,36). The first-order valence-corrected chi connectivity index (χ1v) is 13.0. The van der Waals surface area contributed by atoms with Crippen molar-refractivity contribution in [2.75, 3.05) is 16.8 Å². The molecule has 0 atom stereocenters. The molecule has 0 spiro atoms. The number of nitrogen functional groups attached to an aromatic ring is 2. The van der Waals surface area contributed by atoms with Crippen molar-refractivity contribution >= 4 is 28.5 Å². The molecule has 5 N–H and O–H groups in total. The molecule has 1 amide bonds. The lowest BCUT2D eigenvalue weighted by Gasteiger charge is -2.16. The second-order valence-corrected chi connectivity index (χ2v) is 9.87. The van der Waals surface area contributed by atoms with E-state index in [4.69, 9.17) is 11.5 Å². The van der Waals surface area contributed by atoms with Gasteiger partial charge in [-0.05, 0) is 61.6 Å². The summed E-state index contributed by atoms with van der Waals surface area (Å²) in [5, 5.41) is 3.04. The zero-order valence-electron chi connectivity index (χ0n) is 21.4. The molecule has 6 heteroatoms. The van der Waals surface area contributed by atoms with Crippen molar-refractivity contribution in [3.8, 4) is 11.1 Å². The van der Waals surface area contributed by atoms with Crippen LogP contribution in [0.5, 0.6) is 0 Å². The molecule has 188 valence electrons. The zero-order chi connectivity index (χ0) is 25.5. The van der Waals surface area contributed by atoms with E-state index in [0.717, 1.165) is 35.2 Å². The fourth-order valence-electron chi connectivity index (χ4n) is 4.97. The number of hydrogen-bond donors (Lipinski definition) is 3. The summed E-state index contributed by atoms with van der Waals surface area (Å²) < 4.78 is 0. The number of nitrogens with two attached hydrogens (primary N) is 2. The SMILES string of the molecule is CCC(C)=C(C(=O)Nc1ccc(CC2CCCCCC2)nc1)c1cc(-c2cncc(N)c2)ccc1N. The molecule has 1 aliphatic carbocycles. The number of nitrogens with one attached hydrogen (secondary N) is 1. The largest absolute Gasteiger partial charge is 0.398 e. The summed E-state index contributed by atoms with van der Waals surface area (Å²) in [6.07, 6.45) is 14.8. The molecule has 0 radical (unpaired) electrons. The number of rotatable bonds is 7. The fourth-order valence-corrected chi connectivity index (χ4v) is 4.97. The highest BCUT2D eigenvalue weighted by molar-refractivity contribution is 6.27. The van der Waals surface area contributed by atoms with Crippen LogP contribution in [0.4, 0.5) is 17.1 Å². The van der Waals surface area contributed by atoms with Crippen LogP contribution in [0.2, 0.25) is 0 Å². The highest BCUT2D eigenvalue weighted by Gasteiger charge is 2.19.